The second-order valence-corrected chi connectivity index (χ2v) is 6.48. The molecular formula is C7H11O3P. The molecule has 2 aliphatic heterocycles. The standard InChI is InChI=1S/C7H11O3P/c8-11(9)5-4-6-2-1-3-7(6,11)10-6/h1-5H2,(H,8,9). The van der Waals surface area contributed by atoms with Crippen LogP contribution in [0.1, 0.15) is 25.7 Å². The molecule has 3 rings (SSSR count). The van der Waals surface area contributed by atoms with Gasteiger partial charge in [-0.25, -0.2) is 0 Å². The van der Waals surface area contributed by atoms with Crippen LogP contribution in [0, 0.1) is 0 Å². The lowest BCUT2D eigenvalue weighted by atomic mass is 10.1. The van der Waals surface area contributed by atoms with Gasteiger partial charge in [-0.05, 0) is 25.7 Å². The summed E-state index contributed by atoms with van der Waals surface area (Å²) in [6.45, 7) is 0. The van der Waals surface area contributed by atoms with Crippen LogP contribution in [0.4, 0.5) is 0 Å². The van der Waals surface area contributed by atoms with Gasteiger partial charge < -0.3 is 9.63 Å². The van der Waals surface area contributed by atoms with E-state index in [1.54, 1.807) is 0 Å². The molecule has 0 bridgehead atoms. The fraction of sp³-hybridized carbons (Fsp3) is 1.00. The Morgan fingerprint density at radius 1 is 1.36 bits per heavy atom. The fourth-order valence-electron chi connectivity index (χ4n) is 2.88. The van der Waals surface area contributed by atoms with E-state index in [0.717, 1.165) is 25.7 Å². The van der Waals surface area contributed by atoms with Crippen molar-refractivity contribution in [1.82, 2.24) is 0 Å². The first-order valence-corrected chi connectivity index (χ1v) is 5.99. The number of hydrogen-bond acceptors (Lipinski definition) is 2. The first kappa shape index (κ1) is 6.64. The summed E-state index contributed by atoms with van der Waals surface area (Å²) in [5, 5.41) is -0.542. The minimum Gasteiger partial charge on any atom is -0.352 e. The van der Waals surface area contributed by atoms with Gasteiger partial charge in [0.1, 0.15) is 5.60 Å². The van der Waals surface area contributed by atoms with Crippen molar-refractivity contribution in [3.63, 3.8) is 0 Å². The molecule has 1 aliphatic carbocycles. The van der Waals surface area contributed by atoms with Gasteiger partial charge in [0.25, 0.3) is 0 Å². The molecule has 62 valence electrons. The Bertz CT molecular complexity index is 269. The van der Waals surface area contributed by atoms with Crippen LogP contribution < -0.4 is 0 Å². The minimum atomic E-state index is -2.92. The van der Waals surface area contributed by atoms with E-state index in [9.17, 15) is 9.46 Å². The lowest BCUT2D eigenvalue weighted by molar-refractivity contribution is 0.219. The summed E-state index contributed by atoms with van der Waals surface area (Å²) in [7, 11) is -2.92. The smallest absolute Gasteiger partial charge is 0.234 e. The lowest BCUT2D eigenvalue weighted by Crippen LogP contribution is -2.10. The van der Waals surface area contributed by atoms with Gasteiger partial charge in [-0.2, -0.15) is 0 Å². The summed E-state index contributed by atoms with van der Waals surface area (Å²) in [5.74, 6) is 0. The summed E-state index contributed by atoms with van der Waals surface area (Å²) in [6, 6.07) is 0. The SMILES string of the molecule is O=P1(O)CCC23CCCC21O3. The quantitative estimate of drug-likeness (QED) is 0.445. The third-order valence-electron chi connectivity index (χ3n) is 3.51. The van der Waals surface area contributed by atoms with Gasteiger partial charge in [0.2, 0.25) is 7.37 Å². The van der Waals surface area contributed by atoms with Gasteiger partial charge in [-0.15, -0.1) is 0 Å². The number of epoxide rings is 1. The highest BCUT2D eigenvalue weighted by Gasteiger charge is 2.83. The predicted molar refractivity (Wildman–Crippen MR) is 39.7 cm³/mol. The Kier molecular flexibility index (Phi) is 0.880. The maximum absolute atomic E-state index is 11.6. The van der Waals surface area contributed by atoms with Crippen LogP contribution in [0.2, 0.25) is 0 Å². The van der Waals surface area contributed by atoms with Crippen molar-refractivity contribution in [2.24, 2.45) is 0 Å². The molecule has 3 nitrogen and oxygen atoms in total. The molecule has 3 atom stereocenters. The largest absolute Gasteiger partial charge is 0.352 e. The van der Waals surface area contributed by atoms with E-state index < -0.39 is 12.7 Å². The zero-order chi connectivity index (χ0) is 7.74. The third kappa shape index (κ3) is 0.488. The average Bonchev–Trinajstić information content (AvgIpc) is 2.41. The van der Waals surface area contributed by atoms with Gasteiger partial charge in [-0.3, -0.25) is 4.57 Å². The van der Waals surface area contributed by atoms with Crippen molar-refractivity contribution in [2.75, 3.05) is 6.16 Å². The highest BCUT2D eigenvalue weighted by Crippen LogP contribution is 2.83. The molecule has 1 saturated carbocycles. The number of hydrogen-bond donors (Lipinski definition) is 1. The van der Waals surface area contributed by atoms with Crippen LogP contribution in [0.5, 0.6) is 0 Å². The molecular weight excluding hydrogens is 163 g/mol. The first-order chi connectivity index (χ1) is 5.12. The highest BCUT2D eigenvalue weighted by molar-refractivity contribution is 7.60. The van der Waals surface area contributed by atoms with Crippen molar-refractivity contribution in [3.8, 4) is 0 Å². The Hall–Kier alpha value is 0.150. The fourth-order valence-corrected chi connectivity index (χ4v) is 5.60. The molecule has 0 aromatic rings. The second kappa shape index (κ2) is 1.46. The molecule has 2 heterocycles. The summed E-state index contributed by atoms with van der Waals surface area (Å²) in [6.07, 6.45) is 4.22. The third-order valence-corrected chi connectivity index (χ3v) is 6.19. The summed E-state index contributed by atoms with van der Waals surface area (Å²) in [5.41, 5.74) is -0.128. The van der Waals surface area contributed by atoms with E-state index >= 15 is 0 Å². The highest BCUT2D eigenvalue weighted by atomic mass is 31.2. The van der Waals surface area contributed by atoms with E-state index in [1.807, 2.05) is 0 Å². The normalized spacial score (nSPS) is 65.9. The molecule has 3 aliphatic rings. The molecule has 1 N–H and O–H groups in total. The maximum atomic E-state index is 11.6. The number of rotatable bonds is 0. The van der Waals surface area contributed by atoms with E-state index in [2.05, 4.69) is 0 Å². The molecule has 11 heavy (non-hydrogen) atoms. The van der Waals surface area contributed by atoms with Crippen LogP contribution in [-0.2, 0) is 9.30 Å². The summed E-state index contributed by atoms with van der Waals surface area (Å²) >= 11 is 0. The van der Waals surface area contributed by atoms with Gasteiger partial charge in [0.15, 0.2) is 5.34 Å². The average molecular weight is 174 g/mol. The predicted octanol–water partition coefficient (Wildman–Crippen LogP) is 1.31. The van der Waals surface area contributed by atoms with E-state index in [1.165, 1.54) is 0 Å². The molecule has 0 amide bonds. The van der Waals surface area contributed by atoms with Gasteiger partial charge >= 0.3 is 0 Å². The molecule has 2 saturated heterocycles. The summed E-state index contributed by atoms with van der Waals surface area (Å²) < 4.78 is 17.1. The van der Waals surface area contributed by atoms with Crippen LogP contribution in [0.15, 0.2) is 0 Å². The molecule has 4 heteroatoms. The second-order valence-electron chi connectivity index (χ2n) is 3.91. The van der Waals surface area contributed by atoms with Crippen LogP contribution >= 0.6 is 7.37 Å². The Balaban J connectivity index is 2.14. The van der Waals surface area contributed by atoms with Crippen molar-refractivity contribution < 1.29 is 14.2 Å². The monoisotopic (exact) mass is 174 g/mol. The van der Waals surface area contributed by atoms with Crippen molar-refractivity contribution >= 4 is 7.37 Å². The van der Waals surface area contributed by atoms with Crippen molar-refractivity contribution in [3.05, 3.63) is 0 Å². The van der Waals surface area contributed by atoms with E-state index in [0.29, 0.717) is 6.16 Å². The van der Waals surface area contributed by atoms with Crippen LogP contribution in [0.3, 0.4) is 0 Å². The van der Waals surface area contributed by atoms with Gasteiger partial charge in [0.05, 0.1) is 0 Å². The molecule has 0 spiro atoms. The van der Waals surface area contributed by atoms with Gasteiger partial charge in [0, 0.05) is 6.16 Å². The zero-order valence-corrected chi connectivity index (χ0v) is 7.14. The molecule has 3 unspecified atom stereocenters. The number of ether oxygens (including phenoxy) is 1. The Morgan fingerprint density at radius 3 is 2.82 bits per heavy atom. The maximum Gasteiger partial charge on any atom is 0.234 e. The topological polar surface area (TPSA) is 49.8 Å². The minimum absolute atomic E-state index is 0.128. The van der Waals surface area contributed by atoms with Crippen LogP contribution in [0.25, 0.3) is 0 Å². The van der Waals surface area contributed by atoms with Crippen molar-refractivity contribution in [2.45, 2.75) is 36.6 Å². The molecule has 3 fully saturated rings. The zero-order valence-electron chi connectivity index (χ0n) is 6.25. The molecule has 0 aromatic heterocycles. The van der Waals surface area contributed by atoms with Gasteiger partial charge in [-0.1, -0.05) is 0 Å². The Morgan fingerprint density at radius 2 is 2.18 bits per heavy atom. The van der Waals surface area contributed by atoms with Crippen LogP contribution in [-0.4, -0.2) is 22.0 Å². The lowest BCUT2D eigenvalue weighted by Gasteiger charge is -2.13. The van der Waals surface area contributed by atoms with E-state index in [4.69, 9.17) is 4.74 Å². The summed E-state index contributed by atoms with van der Waals surface area (Å²) in [4.78, 5) is 9.59. The first-order valence-electron chi connectivity index (χ1n) is 4.14. The molecule has 0 aromatic carbocycles. The van der Waals surface area contributed by atoms with Crippen molar-refractivity contribution in [1.29, 1.82) is 0 Å². The Labute approximate surface area is 65.2 Å². The van der Waals surface area contributed by atoms with E-state index in [-0.39, 0.29) is 5.60 Å². The molecule has 0 radical (unpaired) electrons.